The Bertz CT molecular complexity index is 450. The van der Waals surface area contributed by atoms with E-state index in [0.717, 1.165) is 0 Å². The zero-order valence-electron chi connectivity index (χ0n) is 7.86. The second-order valence-electron chi connectivity index (χ2n) is 2.70. The fraction of sp³-hybridized carbons (Fsp3) is 0.125. The maximum absolute atomic E-state index is 10.6. The molecule has 0 fully saturated rings. The Morgan fingerprint density at radius 2 is 2.33 bits per heavy atom. The van der Waals surface area contributed by atoms with Gasteiger partial charge in [0.25, 0.3) is 0 Å². The number of carbonyl (C=O) groups is 1. The van der Waals surface area contributed by atoms with E-state index in [9.17, 15) is 4.79 Å². The summed E-state index contributed by atoms with van der Waals surface area (Å²) in [5.74, 6) is 0.558. The number of tetrazole rings is 1. The summed E-state index contributed by atoms with van der Waals surface area (Å²) in [6, 6.07) is 3.26. The Morgan fingerprint density at radius 3 is 2.87 bits per heavy atom. The van der Waals surface area contributed by atoms with Crippen LogP contribution in [-0.4, -0.2) is 31.2 Å². The third-order valence-electron chi connectivity index (χ3n) is 1.57. The van der Waals surface area contributed by atoms with Gasteiger partial charge in [0.1, 0.15) is 12.1 Å². The lowest BCUT2D eigenvalue weighted by atomic mass is 10.4. The molecule has 0 aromatic carbocycles. The van der Waals surface area contributed by atoms with Crippen molar-refractivity contribution in [2.75, 3.05) is 0 Å². The Morgan fingerprint density at radius 1 is 1.47 bits per heavy atom. The topological polar surface area (TPSA) is 82.8 Å². The van der Waals surface area contributed by atoms with Gasteiger partial charge in [0.15, 0.2) is 5.82 Å². The predicted molar refractivity (Wildman–Crippen MR) is 48.3 cm³/mol. The number of carbonyl (C=O) groups excluding carboxylic acids is 1. The van der Waals surface area contributed by atoms with Crippen molar-refractivity contribution in [2.45, 2.75) is 6.92 Å². The first-order chi connectivity index (χ1) is 7.25. The molecule has 0 atom stereocenters. The SMILES string of the molecule is CC(=O)Oc1ccc(-n2cnnn2)nc1. The Balaban J connectivity index is 2.21. The van der Waals surface area contributed by atoms with E-state index >= 15 is 0 Å². The molecule has 0 spiro atoms. The van der Waals surface area contributed by atoms with Crippen molar-refractivity contribution in [1.29, 1.82) is 0 Å². The summed E-state index contributed by atoms with van der Waals surface area (Å²) < 4.78 is 6.22. The highest BCUT2D eigenvalue weighted by Gasteiger charge is 2.01. The van der Waals surface area contributed by atoms with Gasteiger partial charge in [0.2, 0.25) is 0 Å². The van der Waals surface area contributed by atoms with Gasteiger partial charge in [-0.15, -0.1) is 5.10 Å². The number of ether oxygens (including phenoxy) is 1. The molecule has 2 rings (SSSR count). The van der Waals surface area contributed by atoms with E-state index in [1.807, 2.05) is 0 Å². The molecule has 15 heavy (non-hydrogen) atoms. The molecule has 2 aromatic heterocycles. The van der Waals surface area contributed by atoms with Gasteiger partial charge in [-0.3, -0.25) is 4.79 Å². The third kappa shape index (κ3) is 2.13. The third-order valence-corrected chi connectivity index (χ3v) is 1.57. The molecule has 0 saturated heterocycles. The Hall–Kier alpha value is -2.31. The second-order valence-corrected chi connectivity index (χ2v) is 2.70. The number of nitrogens with zero attached hydrogens (tertiary/aromatic N) is 5. The largest absolute Gasteiger partial charge is 0.425 e. The first kappa shape index (κ1) is 9.25. The Labute approximate surface area is 84.7 Å². The van der Waals surface area contributed by atoms with Gasteiger partial charge >= 0.3 is 5.97 Å². The van der Waals surface area contributed by atoms with E-state index in [1.165, 1.54) is 24.1 Å². The van der Waals surface area contributed by atoms with E-state index in [0.29, 0.717) is 11.6 Å². The molecule has 0 N–H and O–H groups in total. The average molecular weight is 205 g/mol. The van der Waals surface area contributed by atoms with Crippen molar-refractivity contribution in [3.05, 3.63) is 24.7 Å². The fourth-order valence-corrected chi connectivity index (χ4v) is 1.00. The summed E-state index contributed by atoms with van der Waals surface area (Å²) in [6.45, 7) is 1.33. The number of hydrogen-bond donors (Lipinski definition) is 0. The summed E-state index contributed by atoms with van der Waals surface area (Å²) in [5.41, 5.74) is 0. The van der Waals surface area contributed by atoms with Crippen molar-refractivity contribution in [1.82, 2.24) is 25.2 Å². The fourth-order valence-electron chi connectivity index (χ4n) is 1.00. The molecule has 0 bridgehead atoms. The predicted octanol–water partition coefficient (Wildman–Crippen LogP) is -0.0174. The lowest BCUT2D eigenvalue weighted by molar-refractivity contribution is -0.131. The number of rotatable bonds is 2. The highest BCUT2D eigenvalue weighted by molar-refractivity contribution is 5.69. The number of pyridine rings is 1. The minimum Gasteiger partial charge on any atom is -0.425 e. The second kappa shape index (κ2) is 3.82. The van der Waals surface area contributed by atoms with E-state index in [2.05, 4.69) is 20.5 Å². The summed E-state index contributed by atoms with van der Waals surface area (Å²) in [7, 11) is 0. The summed E-state index contributed by atoms with van der Waals surface area (Å²) in [5, 5.41) is 10.6. The normalized spacial score (nSPS) is 9.93. The monoisotopic (exact) mass is 205 g/mol. The number of hydrogen-bond acceptors (Lipinski definition) is 6. The molecule has 7 heteroatoms. The van der Waals surface area contributed by atoms with Gasteiger partial charge in [0.05, 0.1) is 6.20 Å². The molecule has 76 valence electrons. The van der Waals surface area contributed by atoms with Crippen molar-refractivity contribution in [2.24, 2.45) is 0 Å². The van der Waals surface area contributed by atoms with Crippen LogP contribution in [0.5, 0.6) is 5.75 Å². The molecule has 0 aliphatic rings. The molecule has 7 nitrogen and oxygen atoms in total. The van der Waals surface area contributed by atoms with Gasteiger partial charge in [-0.05, 0) is 22.6 Å². The highest BCUT2D eigenvalue weighted by atomic mass is 16.5. The average Bonchev–Trinajstić information content (AvgIpc) is 2.71. The lowest BCUT2D eigenvalue weighted by Crippen LogP contribution is -2.03. The van der Waals surface area contributed by atoms with E-state index < -0.39 is 0 Å². The van der Waals surface area contributed by atoms with Gasteiger partial charge in [-0.1, -0.05) is 0 Å². The highest BCUT2D eigenvalue weighted by Crippen LogP contribution is 2.10. The molecule has 0 radical (unpaired) electrons. The van der Waals surface area contributed by atoms with Crippen LogP contribution in [0, 0.1) is 0 Å². The lowest BCUT2D eigenvalue weighted by Gasteiger charge is -2.01. The standard InChI is InChI=1S/C8H7N5O2/c1-6(14)15-7-2-3-8(9-4-7)13-5-10-11-12-13/h2-5H,1H3. The minimum absolute atomic E-state index is 0.382. The van der Waals surface area contributed by atoms with Crippen LogP contribution in [0.1, 0.15) is 6.92 Å². The molecular weight excluding hydrogens is 198 g/mol. The molecule has 0 saturated carbocycles. The van der Waals surface area contributed by atoms with Crippen molar-refractivity contribution < 1.29 is 9.53 Å². The maximum atomic E-state index is 10.6. The van der Waals surface area contributed by atoms with Crippen LogP contribution >= 0.6 is 0 Å². The Kier molecular flexibility index (Phi) is 2.36. The molecule has 2 heterocycles. The van der Waals surface area contributed by atoms with Crippen molar-refractivity contribution in [3.8, 4) is 11.6 Å². The van der Waals surface area contributed by atoms with Crippen LogP contribution in [0.25, 0.3) is 5.82 Å². The van der Waals surface area contributed by atoms with Gasteiger partial charge in [0, 0.05) is 6.92 Å². The van der Waals surface area contributed by atoms with E-state index in [-0.39, 0.29) is 5.97 Å². The van der Waals surface area contributed by atoms with Crippen molar-refractivity contribution in [3.63, 3.8) is 0 Å². The zero-order chi connectivity index (χ0) is 10.7. The van der Waals surface area contributed by atoms with Gasteiger partial charge in [-0.2, -0.15) is 4.68 Å². The summed E-state index contributed by atoms with van der Waals surface area (Å²) >= 11 is 0. The van der Waals surface area contributed by atoms with Crippen molar-refractivity contribution >= 4 is 5.97 Å². The van der Waals surface area contributed by atoms with E-state index in [4.69, 9.17) is 4.74 Å². The van der Waals surface area contributed by atoms with Crippen LogP contribution in [0.15, 0.2) is 24.7 Å². The quantitative estimate of drug-likeness (QED) is 0.641. The van der Waals surface area contributed by atoms with E-state index in [1.54, 1.807) is 12.1 Å². The van der Waals surface area contributed by atoms with Crippen LogP contribution in [-0.2, 0) is 4.79 Å². The minimum atomic E-state index is -0.382. The maximum Gasteiger partial charge on any atom is 0.308 e. The van der Waals surface area contributed by atoms with Gasteiger partial charge in [-0.25, -0.2) is 4.98 Å². The smallest absolute Gasteiger partial charge is 0.308 e. The zero-order valence-corrected chi connectivity index (χ0v) is 7.86. The van der Waals surface area contributed by atoms with Crippen LogP contribution in [0.4, 0.5) is 0 Å². The molecule has 0 unspecified atom stereocenters. The number of aromatic nitrogens is 5. The molecule has 2 aromatic rings. The first-order valence-corrected chi connectivity index (χ1v) is 4.13. The molecule has 0 amide bonds. The first-order valence-electron chi connectivity index (χ1n) is 4.13. The molecule has 0 aliphatic carbocycles. The molecule has 0 aliphatic heterocycles. The van der Waals surface area contributed by atoms with Crippen LogP contribution < -0.4 is 4.74 Å². The van der Waals surface area contributed by atoms with Crippen LogP contribution in [0.2, 0.25) is 0 Å². The summed E-state index contributed by atoms with van der Waals surface area (Å²) in [6.07, 6.45) is 2.85. The number of esters is 1. The molecular formula is C8H7N5O2. The van der Waals surface area contributed by atoms with Gasteiger partial charge < -0.3 is 4.74 Å². The van der Waals surface area contributed by atoms with Crippen LogP contribution in [0.3, 0.4) is 0 Å². The summed E-state index contributed by atoms with van der Waals surface area (Å²) in [4.78, 5) is 14.7.